The molecule has 1 aromatic carbocycles. The molecule has 1 N–H and O–H groups in total. The number of carbonyl (C=O) groups is 1. The Morgan fingerprint density at radius 1 is 1.26 bits per heavy atom. The third-order valence-corrected chi connectivity index (χ3v) is 5.93. The molecule has 0 bridgehead atoms. The Balaban J connectivity index is 1.51. The molecule has 1 aliphatic rings. The van der Waals surface area contributed by atoms with Crippen LogP contribution in [0.2, 0.25) is 0 Å². The maximum absolute atomic E-state index is 11.6. The van der Waals surface area contributed by atoms with Gasteiger partial charge in [0.1, 0.15) is 11.3 Å². The number of rotatable bonds is 8. The van der Waals surface area contributed by atoms with Crippen LogP contribution in [0.1, 0.15) is 66.3 Å². The van der Waals surface area contributed by atoms with E-state index in [2.05, 4.69) is 35.6 Å². The minimum absolute atomic E-state index is 0.310. The fourth-order valence-electron chi connectivity index (χ4n) is 4.10. The monoisotopic (exact) mass is 415 g/mol. The number of aromatic carboxylic acids is 1. The van der Waals surface area contributed by atoms with Gasteiger partial charge in [-0.2, -0.15) is 0 Å². The summed E-state index contributed by atoms with van der Waals surface area (Å²) in [4.78, 5) is 21.1. The van der Waals surface area contributed by atoms with Gasteiger partial charge in [-0.05, 0) is 67.9 Å². The quantitative estimate of drug-likeness (QED) is 0.458. The van der Waals surface area contributed by atoms with Gasteiger partial charge in [-0.1, -0.05) is 43.4 Å². The second kappa shape index (κ2) is 8.88. The first-order valence-electron chi connectivity index (χ1n) is 11.0. The highest BCUT2D eigenvalue weighted by molar-refractivity contribution is 5.94. The Morgan fingerprint density at radius 3 is 2.68 bits per heavy atom. The number of benzene rings is 1. The van der Waals surface area contributed by atoms with Crippen molar-refractivity contribution in [2.75, 3.05) is 0 Å². The van der Waals surface area contributed by atoms with Gasteiger partial charge >= 0.3 is 5.97 Å². The Bertz CT molecular complexity index is 1170. The number of aryl methyl sites for hydroxylation is 1. The van der Waals surface area contributed by atoms with Gasteiger partial charge in [0.15, 0.2) is 5.65 Å². The molecule has 0 saturated heterocycles. The van der Waals surface area contributed by atoms with Gasteiger partial charge in [0.2, 0.25) is 0 Å². The zero-order chi connectivity index (χ0) is 22.0. The van der Waals surface area contributed by atoms with E-state index in [1.54, 1.807) is 12.1 Å². The van der Waals surface area contributed by atoms with E-state index in [9.17, 15) is 9.90 Å². The highest BCUT2D eigenvalue weighted by Gasteiger charge is 2.30. The molecular formula is C26H29N3O2. The number of hydrogen-bond donors (Lipinski definition) is 1. The van der Waals surface area contributed by atoms with Gasteiger partial charge in [-0.3, -0.25) is 0 Å². The Kier molecular flexibility index (Phi) is 6.03. The van der Waals surface area contributed by atoms with Crippen molar-refractivity contribution in [2.24, 2.45) is 5.92 Å². The molecule has 1 aliphatic carbocycles. The Hall–Kier alpha value is -3.21. The van der Waals surface area contributed by atoms with Crippen LogP contribution >= 0.6 is 0 Å². The van der Waals surface area contributed by atoms with Gasteiger partial charge in [0.25, 0.3) is 0 Å². The second-order valence-electron chi connectivity index (χ2n) is 8.43. The third-order valence-electron chi connectivity index (χ3n) is 5.93. The van der Waals surface area contributed by atoms with Crippen LogP contribution in [0.15, 0.2) is 54.8 Å². The molecule has 1 saturated carbocycles. The lowest BCUT2D eigenvalue weighted by molar-refractivity contribution is 0.0696. The average Bonchev–Trinajstić information content (AvgIpc) is 3.54. The van der Waals surface area contributed by atoms with E-state index in [-0.39, 0.29) is 0 Å². The lowest BCUT2D eigenvalue weighted by atomic mass is 9.96. The molecule has 0 spiro atoms. The highest BCUT2D eigenvalue weighted by Crippen LogP contribution is 2.41. The molecule has 1 atom stereocenters. The molecule has 5 nitrogen and oxygen atoms in total. The lowest BCUT2D eigenvalue weighted by Crippen LogP contribution is -2.09. The van der Waals surface area contributed by atoms with E-state index in [1.807, 2.05) is 37.4 Å². The number of pyridine rings is 1. The third kappa shape index (κ3) is 4.46. The van der Waals surface area contributed by atoms with E-state index in [4.69, 9.17) is 4.98 Å². The minimum Gasteiger partial charge on any atom is -0.478 e. The first kappa shape index (κ1) is 21.0. The van der Waals surface area contributed by atoms with E-state index in [1.165, 1.54) is 24.2 Å². The lowest BCUT2D eigenvalue weighted by Gasteiger charge is -2.12. The van der Waals surface area contributed by atoms with Crippen LogP contribution in [-0.2, 0) is 6.54 Å². The normalized spacial score (nSPS) is 15.6. The Labute approximate surface area is 183 Å². The SMILES string of the molecule is C/C=C(\C/C=C\C(C)Cn1c(C2CC2)nc2c(C)ccnc21)c1ccccc1C(=O)O. The summed E-state index contributed by atoms with van der Waals surface area (Å²) in [6.07, 6.45) is 11.3. The molecule has 5 heteroatoms. The van der Waals surface area contributed by atoms with Crippen molar-refractivity contribution in [3.05, 3.63) is 77.3 Å². The summed E-state index contributed by atoms with van der Waals surface area (Å²) in [7, 11) is 0. The standard InChI is InChI=1S/C26H29N3O2/c1-4-19(21-10-5-6-11-22(21)26(30)31)9-7-8-17(2)16-29-24(20-12-13-20)28-23-18(3)14-15-27-25(23)29/h4-8,10-11,14-15,17,20H,9,12-13,16H2,1-3H3,(H,30,31)/b8-7-,19-4+. The molecule has 1 unspecified atom stereocenters. The van der Waals surface area contributed by atoms with Crippen LogP contribution in [0.5, 0.6) is 0 Å². The maximum Gasteiger partial charge on any atom is 0.336 e. The summed E-state index contributed by atoms with van der Waals surface area (Å²) >= 11 is 0. The molecule has 1 fully saturated rings. The molecule has 0 amide bonds. The van der Waals surface area contributed by atoms with Crippen molar-refractivity contribution in [3.63, 3.8) is 0 Å². The zero-order valence-electron chi connectivity index (χ0n) is 18.4. The summed E-state index contributed by atoms with van der Waals surface area (Å²) in [6.45, 7) is 7.09. The molecular weight excluding hydrogens is 386 g/mol. The van der Waals surface area contributed by atoms with Gasteiger partial charge in [0.05, 0.1) is 5.56 Å². The van der Waals surface area contributed by atoms with E-state index in [0.29, 0.717) is 23.8 Å². The van der Waals surface area contributed by atoms with Crippen LogP contribution < -0.4 is 0 Å². The van der Waals surface area contributed by atoms with Gasteiger partial charge in [-0.15, -0.1) is 0 Å². The number of imidazole rings is 1. The van der Waals surface area contributed by atoms with Crippen molar-refractivity contribution in [3.8, 4) is 0 Å². The molecule has 2 aromatic heterocycles. The van der Waals surface area contributed by atoms with E-state index < -0.39 is 5.97 Å². The van der Waals surface area contributed by atoms with Crippen molar-refractivity contribution in [1.82, 2.24) is 14.5 Å². The number of allylic oxidation sites excluding steroid dienone is 4. The number of carboxylic acid groups (broad SMARTS) is 1. The van der Waals surface area contributed by atoms with Gasteiger partial charge < -0.3 is 9.67 Å². The number of nitrogens with zero attached hydrogens (tertiary/aromatic N) is 3. The number of fused-ring (bicyclic) bond motifs is 1. The van der Waals surface area contributed by atoms with Gasteiger partial charge in [0, 0.05) is 18.7 Å². The molecule has 31 heavy (non-hydrogen) atoms. The van der Waals surface area contributed by atoms with Crippen LogP contribution in [0, 0.1) is 12.8 Å². The summed E-state index contributed by atoms with van der Waals surface area (Å²) < 4.78 is 2.30. The summed E-state index contributed by atoms with van der Waals surface area (Å²) in [5.41, 5.74) is 5.31. The molecule has 4 rings (SSSR count). The van der Waals surface area contributed by atoms with Crippen LogP contribution in [0.25, 0.3) is 16.7 Å². The fraction of sp³-hybridized carbons (Fsp3) is 0.346. The van der Waals surface area contributed by atoms with Crippen molar-refractivity contribution >= 4 is 22.7 Å². The maximum atomic E-state index is 11.6. The minimum atomic E-state index is -0.894. The largest absolute Gasteiger partial charge is 0.478 e. The predicted molar refractivity (Wildman–Crippen MR) is 124 cm³/mol. The molecule has 2 heterocycles. The van der Waals surface area contributed by atoms with Crippen molar-refractivity contribution < 1.29 is 9.90 Å². The first-order chi connectivity index (χ1) is 15.0. The fourth-order valence-corrected chi connectivity index (χ4v) is 4.10. The van der Waals surface area contributed by atoms with Crippen LogP contribution in [-0.4, -0.2) is 25.6 Å². The predicted octanol–water partition coefficient (Wildman–Crippen LogP) is 6.00. The zero-order valence-corrected chi connectivity index (χ0v) is 18.4. The molecule has 3 aromatic rings. The van der Waals surface area contributed by atoms with Gasteiger partial charge in [-0.25, -0.2) is 14.8 Å². The second-order valence-corrected chi connectivity index (χ2v) is 8.43. The summed E-state index contributed by atoms with van der Waals surface area (Å²) in [6, 6.07) is 9.21. The van der Waals surface area contributed by atoms with Crippen LogP contribution in [0.3, 0.4) is 0 Å². The first-order valence-corrected chi connectivity index (χ1v) is 11.0. The number of hydrogen-bond acceptors (Lipinski definition) is 3. The molecule has 160 valence electrons. The summed E-state index contributed by atoms with van der Waals surface area (Å²) in [5, 5.41) is 9.49. The van der Waals surface area contributed by atoms with E-state index >= 15 is 0 Å². The highest BCUT2D eigenvalue weighted by atomic mass is 16.4. The number of aromatic nitrogens is 3. The van der Waals surface area contributed by atoms with Crippen molar-refractivity contribution in [1.29, 1.82) is 0 Å². The van der Waals surface area contributed by atoms with Crippen LogP contribution in [0.4, 0.5) is 0 Å². The number of carboxylic acids is 1. The molecule has 0 radical (unpaired) electrons. The average molecular weight is 416 g/mol. The van der Waals surface area contributed by atoms with E-state index in [0.717, 1.165) is 28.8 Å². The van der Waals surface area contributed by atoms with Crippen molar-refractivity contribution in [2.45, 2.75) is 52.5 Å². The Morgan fingerprint density at radius 2 is 2.00 bits per heavy atom. The topological polar surface area (TPSA) is 68.0 Å². The summed E-state index contributed by atoms with van der Waals surface area (Å²) in [5.74, 6) is 1.15. The molecule has 0 aliphatic heterocycles. The smallest absolute Gasteiger partial charge is 0.336 e.